The Hall–Kier alpha value is -3.14. The van der Waals surface area contributed by atoms with Gasteiger partial charge in [-0.3, -0.25) is 0 Å². The zero-order valence-corrected chi connectivity index (χ0v) is 11.6. The molecule has 0 fully saturated rings. The molecule has 0 aliphatic carbocycles. The molecule has 0 unspecified atom stereocenters. The van der Waals surface area contributed by atoms with Crippen molar-refractivity contribution >= 4 is 23.1 Å². The second-order valence-electron chi connectivity index (χ2n) is 4.50. The van der Waals surface area contributed by atoms with E-state index in [4.69, 9.17) is 0 Å². The molecule has 2 aromatic rings. The number of carbonyl (C=O) groups is 2. The van der Waals surface area contributed by atoms with Gasteiger partial charge in [-0.15, -0.1) is 0 Å². The number of carboxylic acid groups (broad SMARTS) is 2. The van der Waals surface area contributed by atoms with Crippen LogP contribution in [0.5, 0.6) is 0 Å². The summed E-state index contributed by atoms with van der Waals surface area (Å²) in [6.07, 6.45) is 2.63. The lowest BCUT2D eigenvalue weighted by atomic mass is 10.0. The third-order valence-corrected chi connectivity index (χ3v) is 3.05. The number of hydrogen-bond acceptors (Lipinski definition) is 2. The number of carboxylic acids is 2. The molecule has 0 aliphatic heterocycles. The summed E-state index contributed by atoms with van der Waals surface area (Å²) in [6.45, 7) is 0. The third kappa shape index (κ3) is 3.70. The lowest BCUT2D eigenvalue weighted by molar-refractivity contribution is -0.131. The van der Waals surface area contributed by atoms with Crippen molar-refractivity contribution in [1.82, 2.24) is 0 Å². The van der Waals surface area contributed by atoms with Gasteiger partial charge in [-0.05, 0) is 23.3 Å². The molecule has 0 heterocycles. The summed E-state index contributed by atoms with van der Waals surface area (Å²) in [5.74, 6) is -2.22. The summed E-state index contributed by atoms with van der Waals surface area (Å²) >= 11 is 0. The van der Waals surface area contributed by atoms with Gasteiger partial charge in [0.15, 0.2) is 0 Å². The molecule has 2 aromatic carbocycles. The number of aliphatic carboxylic acids is 2. The maximum Gasteiger partial charge on any atom is 0.336 e. The highest BCUT2D eigenvalue weighted by Crippen LogP contribution is 2.18. The quantitative estimate of drug-likeness (QED) is 0.655. The zero-order valence-electron chi connectivity index (χ0n) is 11.6. The second kappa shape index (κ2) is 7.04. The summed E-state index contributed by atoms with van der Waals surface area (Å²) in [7, 11) is 0. The highest BCUT2D eigenvalue weighted by molar-refractivity contribution is 6.19. The molecule has 22 heavy (non-hydrogen) atoms. The maximum atomic E-state index is 11.4. The van der Waals surface area contributed by atoms with Gasteiger partial charge in [0, 0.05) is 0 Å². The lowest BCUT2D eigenvalue weighted by Crippen LogP contribution is -2.01. The normalized spacial score (nSPS) is 12.0. The van der Waals surface area contributed by atoms with Crippen molar-refractivity contribution in [2.75, 3.05) is 0 Å². The number of allylic oxidation sites excluding steroid dienone is 2. The van der Waals surface area contributed by atoms with E-state index >= 15 is 0 Å². The fraction of sp³-hybridized carbons (Fsp3) is 0. The van der Waals surface area contributed by atoms with Crippen LogP contribution in [-0.2, 0) is 9.59 Å². The van der Waals surface area contributed by atoms with Crippen LogP contribution >= 0.6 is 0 Å². The molecule has 0 saturated heterocycles. The molecule has 0 spiro atoms. The molecule has 0 amide bonds. The fourth-order valence-electron chi connectivity index (χ4n) is 1.98. The fourth-order valence-corrected chi connectivity index (χ4v) is 1.98. The maximum absolute atomic E-state index is 11.4. The molecule has 4 nitrogen and oxygen atoms in total. The molecule has 0 saturated carbocycles. The molecule has 4 heteroatoms. The van der Waals surface area contributed by atoms with Crippen LogP contribution in [0.1, 0.15) is 11.1 Å². The Morgan fingerprint density at radius 2 is 0.955 bits per heavy atom. The van der Waals surface area contributed by atoms with Crippen LogP contribution in [0, 0.1) is 0 Å². The highest BCUT2D eigenvalue weighted by atomic mass is 16.4. The average molecular weight is 294 g/mol. The Labute approximate surface area is 127 Å². The van der Waals surface area contributed by atoms with Gasteiger partial charge < -0.3 is 10.2 Å². The Balaban J connectivity index is 2.47. The molecule has 0 aliphatic rings. The van der Waals surface area contributed by atoms with Crippen molar-refractivity contribution in [2.45, 2.75) is 0 Å². The van der Waals surface area contributed by atoms with Crippen molar-refractivity contribution in [3.63, 3.8) is 0 Å². The second-order valence-corrected chi connectivity index (χ2v) is 4.50. The van der Waals surface area contributed by atoms with Crippen molar-refractivity contribution in [1.29, 1.82) is 0 Å². The predicted molar refractivity (Wildman–Crippen MR) is 84.1 cm³/mol. The number of rotatable bonds is 5. The van der Waals surface area contributed by atoms with Gasteiger partial charge >= 0.3 is 11.9 Å². The number of benzene rings is 2. The van der Waals surface area contributed by atoms with Crippen LogP contribution < -0.4 is 0 Å². The lowest BCUT2D eigenvalue weighted by Gasteiger charge is -2.03. The molecular weight excluding hydrogens is 280 g/mol. The smallest absolute Gasteiger partial charge is 0.336 e. The molecular formula is C18H14O4. The van der Waals surface area contributed by atoms with Gasteiger partial charge in [-0.1, -0.05) is 60.7 Å². The molecule has 0 atom stereocenters. The van der Waals surface area contributed by atoms with E-state index in [1.54, 1.807) is 60.7 Å². The predicted octanol–water partition coefficient (Wildman–Crippen LogP) is 3.32. The first-order valence-electron chi connectivity index (χ1n) is 6.59. The highest BCUT2D eigenvalue weighted by Gasteiger charge is 2.12. The van der Waals surface area contributed by atoms with E-state index in [1.165, 1.54) is 12.2 Å². The largest absolute Gasteiger partial charge is 0.478 e. The van der Waals surface area contributed by atoms with Gasteiger partial charge in [-0.2, -0.15) is 0 Å². The van der Waals surface area contributed by atoms with Gasteiger partial charge in [0.05, 0.1) is 11.1 Å². The number of hydrogen-bond donors (Lipinski definition) is 2. The SMILES string of the molecule is O=C(O)C(=CC=C(C(=O)O)c1ccccc1)c1ccccc1. The van der Waals surface area contributed by atoms with Crippen molar-refractivity contribution in [2.24, 2.45) is 0 Å². The summed E-state index contributed by atoms with van der Waals surface area (Å²) < 4.78 is 0. The van der Waals surface area contributed by atoms with E-state index < -0.39 is 11.9 Å². The van der Waals surface area contributed by atoms with Crippen LogP contribution in [0.3, 0.4) is 0 Å². The molecule has 0 radical (unpaired) electrons. The average Bonchev–Trinajstić information content (AvgIpc) is 2.52. The minimum Gasteiger partial charge on any atom is -0.478 e. The van der Waals surface area contributed by atoms with Crippen LogP contribution in [0.2, 0.25) is 0 Å². The van der Waals surface area contributed by atoms with Gasteiger partial charge in [0.1, 0.15) is 0 Å². The zero-order chi connectivity index (χ0) is 15.9. The van der Waals surface area contributed by atoms with Crippen LogP contribution in [0.25, 0.3) is 11.1 Å². The summed E-state index contributed by atoms with van der Waals surface area (Å²) in [4.78, 5) is 22.7. The van der Waals surface area contributed by atoms with Gasteiger partial charge in [-0.25, -0.2) is 9.59 Å². The van der Waals surface area contributed by atoms with Crippen molar-refractivity contribution in [3.8, 4) is 0 Å². The molecule has 110 valence electrons. The molecule has 2 N–H and O–H groups in total. The van der Waals surface area contributed by atoms with E-state index in [0.717, 1.165) is 0 Å². The first-order valence-corrected chi connectivity index (χ1v) is 6.59. The van der Waals surface area contributed by atoms with E-state index in [1.807, 2.05) is 0 Å². The van der Waals surface area contributed by atoms with Gasteiger partial charge in [0.2, 0.25) is 0 Å². The molecule has 0 aromatic heterocycles. The van der Waals surface area contributed by atoms with Crippen LogP contribution in [-0.4, -0.2) is 22.2 Å². The van der Waals surface area contributed by atoms with Crippen LogP contribution in [0.4, 0.5) is 0 Å². The standard InChI is InChI=1S/C18H14O4/c19-17(20)15(13-7-3-1-4-8-13)11-12-16(18(21)22)14-9-5-2-6-10-14/h1-12H,(H,19,20)(H,21,22). The van der Waals surface area contributed by atoms with Crippen LogP contribution in [0.15, 0.2) is 72.8 Å². The van der Waals surface area contributed by atoms with E-state index in [9.17, 15) is 19.8 Å². The monoisotopic (exact) mass is 294 g/mol. The minimum absolute atomic E-state index is 0.0373. The Morgan fingerprint density at radius 1 is 0.636 bits per heavy atom. The van der Waals surface area contributed by atoms with Crippen molar-refractivity contribution < 1.29 is 19.8 Å². The Bertz CT molecular complexity index is 663. The van der Waals surface area contributed by atoms with Crippen molar-refractivity contribution in [3.05, 3.63) is 83.9 Å². The van der Waals surface area contributed by atoms with Gasteiger partial charge in [0.25, 0.3) is 0 Å². The Morgan fingerprint density at radius 3 is 1.23 bits per heavy atom. The minimum atomic E-state index is -1.11. The first kappa shape index (κ1) is 15.3. The van der Waals surface area contributed by atoms with E-state index in [-0.39, 0.29) is 11.1 Å². The summed E-state index contributed by atoms with van der Waals surface area (Å²) in [6, 6.07) is 17.1. The van der Waals surface area contributed by atoms with E-state index in [0.29, 0.717) is 11.1 Å². The molecule has 2 rings (SSSR count). The first-order chi connectivity index (χ1) is 10.6. The summed E-state index contributed by atoms with van der Waals surface area (Å²) in [5.41, 5.74) is 1.11. The van der Waals surface area contributed by atoms with E-state index in [2.05, 4.69) is 0 Å². The molecule has 0 bridgehead atoms. The topological polar surface area (TPSA) is 74.6 Å². The summed E-state index contributed by atoms with van der Waals surface area (Å²) in [5, 5.41) is 18.6. The Kier molecular flexibility index (Phi) is 4.88. The third-order valence-electron chi connectivity index (χ3n) is 3.05.